The van der Waals surface area contributed by atoms with Gasteiger partial charge in [-0.15, -0.1) is 0 Å². The number of carbonyl (C=O) groups is 1. The van der Waals surface area contributed by atoms with E-state index in [0.717, 1.165) is 5.56 Å². The topological polar surface area (TPSA) is 52.3 Å². The van der Waals surface area contributed by atoms with Gasteiger partial charge >= 0.3 is 0 Å². The number of carbonyl (C=O) groups excluding carboxylic acids is 1. The maximum absolute atomic E-state index is 12.1. The van der Waals surface area contributed by atoms with Gasteiger partial charge in [-0.05, 0) is 29.3 Å². The molecule has 1 aromatic rings. The maximum Gasteiger partial charge on any atom is 0.147 e. The summed E-state index contributed by atoms with van der Waals surface area (Å²) in [4.78, 5) is 12.1. The summed E-state index contributed by atoms with van der Waals surface area (Å²) < 4.78 is 5.27. The standard InChI is InChI=1S/C11H15NO2S/c1-11(7-14-5-9(11)12)10(13)4-8-2-3-15-6-8/h2-3,6,9H,4-5,7,12H2,1H3. The highest BCUT2D eigenvalue weighted by atomic mass is 32.1. The normalized spacial score (nSPS) is 30.7. The molecule has 2 heterocycles. The van der Waals surface area contributed by atoms with Crippen LogP contribution in [0.2, 0.25) is 0 Å². The second-order valence-electron chi connectivity index (χ2n) is 4.27. The molecule has 0 aliphatic carbocycles. The Morgan fingerprint density at radius 3 is 3.13 bits per heavy atom. The van der Waals surface area contributed by atoms with Crippen LogP contribution in [0.5, 0.6) is 0 Å². The molecule has 0 radical (unpaired) electrons. The van der Waals surface area contributed by atoms with Crippen molar-refractivity contribution in [1.82, 2.24) is 0 Å². The maximum atomic E-state index is 12.1. The third-order valence-electron chi connectivity index (χ3n) is 3.10. The van der Waals surface area contributed by atoms with Crippen LogP contribution in [-0.2, 0) is 16.0 Å². The molecule has 1 aromatic heterocycles. The van der Waals surface area contributed by atoms with Crippen LogP contribution in [0.3, 0.4) is 0 Å². The van der Waals surface area contributed by atoms with E-state index in [2.05, 4.69) is 0 Å². The van der Waals surface area contributed by atoms with Crippen molar-refractivity contribution in [2.45, 2.75) is 19.4 Å². The van der Waals surface area contributed by atoms with Crippen molar-refractivity contribution < 1.29 is 9.53 Å². The SMILES string of the molecule is CC1(C(=O)Cc2ccsc2)COCC1N. The lowest BCUT2D eigenvalue weighted by molar-refractivity contribution is -0.127. The van der Waals surface area contributed by atoms with E-state index in [9.17, 15) is 4.79 Å². The highest BCUT2D eigenvalue weighted by Crippen LogP contribution is 2.29. The molecule has 0 bridgehead atoms. The molecule has 1 fully saturated rings. The number of hydrogen-bond acceptors (Lipinski definition) is 4. The van der Waals surface area contributed by atoms with E-state index >= 15 is 0 Å². The third-order valence-corrected chi connectivity index (χ3v) is 3.83. The lowest BCUT2D eigenvalue weighted by Gasteiger charge is -2.24. The molecule has 1 aliphatic heterocycles. The summed E-state index contributed by atoms with van der Waals surface area (Å²) >= 11 is 1.61. The Morgan fingerprint density at radius 1 is 1.80 bits per heavy atom. The smallest absolute Gasteiger partial charge is 0.147 e. The first-order chi connectivity index (χ1) is 7.13. The van der Waals surface area contributed by atoms with Gasteiger partial charge in [-0.2, -0.15) is 11.3 Å². The molecule has 2 unspecified atom stereocenters. The van der Waals surface area contributed by atoms with Gasteiger partial charge in [0.15, 0.2) is 0 Å². The van der Waals surface area contributed by atoms with Gasteiger partial charge in [0.2, 0.25) is 0 Å². The van der Waals surface area contributed by atoms with Crippen molar-refractivity contribution in [2.75, 3.05) is 13.2 Å². The highest BCUT2D eigenvalue weighted by molar-refractivity contribution is 7.07. The van der Waals surface area contributed by atoms with Gasteiger partial charge in [-0.3, -0.25) is 4.79 Å². The lowest BCUT2D eigenvalue weighted by Crippen LogP contribution is -2.45. The van der Waals surface area contributed by atoms with Gasteiger partial charge in [0, 0.05) is 12.5 Å². The molecular formula is C11H15NO2S. The molecular weight excluding hydrogens is 210 g/mol. The molecule has 0 spiro atoms. The van der Waals surface area contributed by atoms with Crippen molar-refractivity contribution in [3.05, 3.63) is 22.4 Å². The van der Waals surface area contributed by atoms with Crippen LogP contribution in [-0.4, -0.2) is 25.0 Å². The summed E-state index contributed by atoms with van der Waals surface area (Å²) in [6.45, 7) is 2.85. The number of Topliss-reactive ketones (excluding diaryl/α,β-unsaturated/α-hetero) is 1. The van der Waals surface area contributed by atoms with Gasteiger partial charge < -0.3 is 10.5 Å². The van der Waals surface area contributed by atoms with E-state index < -0.39 is 5.41 Å². The van der Waals surface area contributed by atoms with Crippen LogP contribution >= 0.6 is 11.3 Å². The van der Waals surface area contributed by atoms with Crippen molar-refractivity contribution in [1.29, 1.82) is 0 Å². The summed E-state index contributed by atoms with van der Waals surface area (Å²) in [5.74, 6) is 0.186. The van der Waals surface area contributed by atoms with E-state index in [1.165, 1.54) is 0 Å². The Bertz CT molecular complexity index is 349. The fourth-order valence-corrected chi connectivity index (χ4v) is 2.43. The zero-order valence-electron chi connectivity index (χ0n) is 8.73. The number of thiophene rings is 1. The molecule has 2 N–H and O–H groups in total. The summed E-state index contributed by atoms with van der Waals surface area (Å²) in [6.07, 6.45) is 0.469. The summed E-state index contributed by atoms with van der Waals surface area (Å²) in [5.41, 5.74) is 6.48. The van der Waals surface area contributed by atoms with Crippen molar-refractivity contribution in [2.24, 2.45) is 11.1 Å². The molecule has 0 amide bonds. The van der Waals surface area contributed by atoms with E-state index in [1.54, 1.807) is 11.3 Å². The fourth-order valence-electron chi connectivity index (χ4n) is 1.76. The Hall–Kier alpha value is -0.710. The minimum atomic E-state index is -0.498. The number of rotatable bonds is 3. The van der Waals surface area contributed by atoms with Gasteiger partial charge in [0.05, 0.1) is 18.6 Å². The molecule has 2 atom stereocenters. The van der Waals surface area contributed by atoms with Crippen LogP contribution < -0.4 is 5.73 Å². The van der Waals surface area contributed by atoms with Crippen molar-refractivity contribution in [3.8, 4) is 0 Å². The Morgan fingerprint density at radius 2 is 2.60 bits per heavy atom. The molecule has 1 aliphatic rings. The first-order valence-corrected chi connectivity index (χ1v) is 5.95. The molecule has 4 heteroatoms. The second-order valence-corrected chi connectivity index (χ2v) is 5.05. The highest BCUT2D eigenvalue weighted by Gasteiger charge is 2.43. The first kappa shape index (κ1) is 10.8. The minimum absolute atomic E-state index is 0.163. The molecule has 82 valence electrons. The summed E-state index contributed by atoms with van der Waals surface area (Å²) in [6, 6.07) is 1.82. The lowest BCUT2D eigenvalue weighted by atomic mass is 9.79. The van der Waals surface area contributed by atoms with Crippen molar-refractivity contribution >= 4 is 17.1 Å². The monoisotopic (exact) mass is 225 g/mol. The average Bonchev–Trinajstić information content (AvgIpc) is 2.79. The zero-order chi connectivity index (χ0) is 10.9. The van der Waals surface area contributed by atoms with E-state index in [0.29, 0.717) is 19.6 Å². The van der Waals surface area contributed by atoms with Crippen LogP contribution in [0.1, 0.15) is 12.5 Å². The van der Waals surface area contributed by atoms with Gasteiger partial charge in [-0.25, -0.2) is 0 Å². The predicted octanol–water partition coefficient (Wildman–Crippen LogP) is 1.22. The summed E-state index contributed by atoms with van der Waals surface area (Å²) in [7, 11) is 0. The zero-order valence-corrected chi connectivity index (χ0v) is 9.55. The molecule has 15 heavy (non-hydrogen) atoms. The van der Waals surface area contributed by atoms with Crippen LogP contribution in [0.4, 0.5) is 0 Å². The van der Waals surface area contributed by atoms with Crippen LogP contribution in [0.25, 0.3) is 0 Å². The Labute approximate surface area is 93.2 Å². The Kier molecular flexibility index (Phi) is 2.91. The Balaban J connectivity index is 2.07. The minimum Gasteiger partial charge on any atom is -0.379 e. The average molecular weight is 225 g/mol. The third kappa shape index (κ3) is 1.97. The second kappa shape index (κ2) is 4.04. The number of hydrogen-bond donors (Lipinski definition) is 1. The summed E-state index contributed by atoms with van der Waals surface area (Å²) in [5, 5.41) is 3.98. The molecule has 0 saturated carbocycles. The van der Waals surface area contributed by atoms with Crippen LogP contribution in [0.15, 0.2) is 16.8 Å². The number of ether oxygens (including phenoxy) is 1. The molecule has 0 aromatic carbocycles. The predicted molar refractivity (Wildman–Crippen MR) is 59.9 cm³/mol. The first-order valence-electron chi connectivity index (χ1n) is 5.00. The van der Waals surface area contributed by atoms with Crippen molar-refractivity contribution in [3.63, 3.8) is 0 Å². The number of ketones is 1. The molecule has 1 saturated heterocycles. The number of nitrogens with two attached hydrogens (primary N) is 1. The van der Waals surface area contributed by atoms with E-state index in [1.807, 2.05) is 23.8 Å². The largest absolute Gasteiger partial charge is 0.379 e. The van der Waals surface area contributed by atoms with Gasteiger partial charge in [-0.1, -0.05) is 0 Å². The van der Waals surface area contributed by atoms with Crippen LogP contribution in [0, 0.1) is 5.41 Å². The van der Waals surface area contributed by atoms with E-state index in [-0.39, 0.29) is 11.8 Å². The molecule has 3 nitrogen and oxygen atoms in total. The molecule has 2 rings (SSSR count). The van der Waals surface area contributed by atoms with Gasteiger partial charge in [0.1, 0.15) is 5.78 Å². The fraction of sp³-hybridized carbons (Fsp3) is 0.545. The van der Waals surface area contributed by atoms with Gasteiger partial charge in [0.25, 0.3) is 0 Å². The quantitative estimate of drug-likeness (QED) is 0.841. The van der Waals surface area contributed by atoms with E-state index in [4.69, 9.17) is 10.5 Å².